The van der Waals surface area contributed by atoms with E-state index in [1.165, 1.54) is 0 Å². The van der Waals surface area contributed by atoms with Crippen LogP contribution in [0.3, 0.4) is 0 Å². The molecule has 0 aromatic rings. The van der Waals surface area contributed by atoms with Crippen molar-refractivity contribution in [3.05, 3.63) is 0 Å². The Balaban J connectivity index is 2.61. The van der Waals surface area contributed by atoms with Crippen molar-refractivity contribution in [2.24, 2.45) is 11.8 Å². The number of rotatable bonds is 1. The molecule has 0 aliphatic heterocycles. The van der Waals surface area contributed by atoms with Crippen LogP contribution in [0.2, 0.25) is 0 Å². The highest BCUT2D eigenvalue weighted by molar-refractivity contribution is 5.89. The van der Waals surface area contributed by atoms with Crippen molar-refractivity contribution < 1.29 is 4.79 Å². The summed E-state index contributed by atoms with van der Waals surface area (Å²) in [7, 11) is 0. The molecule has 1 aliphatic carbocycles. The van der Waals surface area contributed by atoms with Gasteiger partial charge in [-0.15, -0.1) is 0 Å². The van der Waals surface area contributed by atoms with Gasteiger partial charge in [0.25, 0.3) is 0 Å². The van der Waals surface area contributed by atoms with Crippen LogP contribution in [0, 0.1) is 17.2 Å². The average Bonchev–Trinajstić information content (AvgIpc) is 1.94. The molecule has 0 aromatic carbocycles. The lowest BCUT2D eigenvalue weighted by atomic mass is 9.77. The van der Waals surface area contributed by atoms with Gasteiger partial charge in [-0.1, -0.05) is 6.92 Å². The summed E-state index contributed by atoms with van der Waals surface area (Å²) in [5.41, 5.74) is 0.672. The second-order valence-corrected chi connectivity index (χ2v) is 3.55. The Bertz CT molecular complexity index is 186. The van der Waals surface area contributed by atoms with Gasteiger partial charge < -0.3 is 5.41 Å². The first kappa shape index (κ1) is 8.44. The van der Waals surface area contributed by atoms with E-state index in [9.17, 15) is 4.79 Å². The molecule has 1 saturated carbocycles. The SMILES string of the molecule is CC(=N)C1CC(=O)CCC1C. The first-order valence-corrected chi connectivity index (χ1v) is 4.18. The molecule has 11 heavy (non-hydrogen) atoms. The molecule has 1 rings (SSSR count). The van der Waals surface area contributed by atoms with Gasteiger partial charge in [-0.3, -0.25) is 4.79 Å². The van der Waals surface area contributed by atoms with Crippen LogP contribution in [-0.4, -0.2) is 11.5 Å². The van der Waals surface area contributed by atoms with Gasteiger partial charge in [0.15, 0.2) is 0 Å². The molecule has 1 fully saturated rings. The third-order valence-corrected chi connectivity index (χ3v) is 2.57. The maximum absolute atomic E-state index is 11.0. The molecule has 0 bridgehead atoms. The summed E-state index contributed by atoms with van der Waals surface area (Å²) in [5, 5.41) is 7.46. The van der Waals surface area contributed by atoms with Crippen LogP contribution < -0.4 is 0 Å². The van der Waals surface area contributed by atoms with Crippen molar-refractivity contribution in [1.29, 1.82) is 5.41 Å². The minimum absolute atomic E-state index is 0.233. The minimum Gasteiger partial charge on any atom is -0.310 e. The van der Waals surface area contributed by atoms with Crippen LogP contribution in [0.15, 0.2) is 0 Å². The molecular weight excluding hydrogens is 138 g/mol. The average molecular weight is 153 g/mol. The van der Waals surface area contributed by atoms with Crippen molar-refractivity contribution in [3.8, 4) is 0 Å². The number of Topliss-reactive ketones (excluding diaryl/α,β-unsaturated/α-hetero) is 1. The number of hydrogen-bond acceptors (Lipinski definition) is 2. The number of carbonyl (C=O) groups excluding carboxylic acids is 1. The first-order valence-electron chi connectivity index (χ1n) is 4.18. The fourth-order valence-electron chi connectivity index (χ4n) is 1.72. The molecule has 0 aromatic heterocycles. The molecule has 2 nitrogen and oxygen atoms in total. The van der Waals surface area contributed by atoms with Crippen LogP contribution in [0.1, 0.15) is 33.1 Å². The second kappa shape index (κ2) is 3.16. The molecule has 0 amide bonds. The van der Waals surface area contributed by atoms with Gasteiger partial charge in [0, 0.05) is 24.5 Å². The highest BCUT2D eigenvalue weighted by Crippen LogP contribution is 2.27. The van der Waals surface area contributed by atoms with E-state index in [0.29, 0.717) is 23.8 Å². The molecule has 0 heterocycles. The van der Waals surface area contributed by atoms with Gasteiger partial charge in [0.1, 0.15) is 5.78 Å². The Morgan fingerprint density at radius 3 is 2.73 bits per heavy atom. The Hall–Kier alpha value is -0.660. The summed E-state index contributed by atoms with van der Waals surface area (Å²) in [6, 6.07) is 0. The van der Waals surface area contributed by atoms with Crippen molar-refractivity contribution in [3.63, 3.8) is 0 Å². The van der Waals surface area contributed by atoms with Crippen molar-refractivity contribution in [2.75, 3.05) is 0 Å². The maximum atomic E-state index is 11.0. The van der Waals surface area contributed by atoms with Gasteiger partial charge in [-0.2, -0.15) is 0 Å². The van der Waals surface area contributed by atoms with Gasteiger partial charge in [0.2, 0.25) is 0 Å². The molecule has 0 spiro atoms. The number of hydrogen-bond donors (Lipinski definition) is 1. The molecule has 0 radical (unpaired) electrons. The number of carbonyl (C=O) groups is 1. The summed E-state index contributed by atoms with van der Waals surface area (Å²) in [4.78, 5) is 11.0. The third-order valence-electron chi connectivity index (χ3n) is 2.57. The molecule has 0 saturated heterocycles. The highest BCUT2D eigenvalue weighted by Gasteiger charge is 2.27. The molecular formula is C9H15NO. The first-order chi connectivity index (χ1) is 5.11. The topological polar surface area (TPSA) is 40.9 Å². The Kier molecular flexibility index (Phi) is 2.42. The predicted octanol–water partition coefficient (Wildman–Crippen LogP) is 2.03. The van der Waals surface area contributed by atoms with Crippen LogP contribution in [0.5, 0.6) is 0 Å². The molecule has 2 heteroatoms. The van der Waals surface area contributed by atoms with Gasteiger partial charge in [0.05, 0.1) is 0 Å². The second-order valence-electron chi connectivity index (χ2n) is 3.55. The largest absolute Gasteiger partial charge is 0.310 e. The van der Waals surface area contributed by atoms with Gasteiger partial charge >= 0.3 is 0 Å². The van der Waals surface area contributed by atoms with E-state index in [4.69, 9.17) is 5.41 Å². The lowest BCUT2D eigenvalue weighted by molar-refractivity contribution is -0.121. The zero-order valence-electron chi connectivity index (χ0n) is 7.18. The summed E-state index contributed by atoms with van der Waals surface area (Å²) in [6.07, 6.45) is 2.31. The fraction of sp³-hybridized carbons (Fsp3) is 0.778. The quantitative estimate of drug-likeness (QED) is 0.575. The molecule has 2 unspecified atom stereocenters. The predicted molar refractivity (Wildman–Crippen MR) is 44.9 cm³/mol. The smallest absolute Gasteiger partial charge is 0.133 e. The number of nitrogens with one attached hydrogen (secondary N) is 1. The Morgan fingerprint density at radius 1 is 1.64 bits per heavy atom. The van der Waals surface area contributed by atoms with E-state index in [-0.39, 0.29) is 5.92 Å². The molecule has 1 aliphatic rings. The number of ketones is 1. The van der Waals surface area contributed by atoms with E-state index in [2.05, 4.69) is 6.92 Å². The van der Waals surface area contributed by atoms with E-state index in [1.807, 2.05) is 0 Å². The Morgan fingerprint density at radius 2 is 2.27 bits per heavy atom. The zero-order chi connectivity index (χ0) is 8.43. The summed E-state index contributed by atoms with van der Waals surface area (Å²) in [6.45, 7) is 3.94. The standard InChI is InChI=1S/C9H15NO/c1-6-3-4-8(11)5-9(6)7(2)10/h6,9-10H,3-5H2,1-2H3. The van der Waals surface area contributed by atoms with Gasteiger partial charge in [-0.05, 0) is 19.3 Å². The third kappa shape index (κ3) is 1.88. The molecule has 62 valence electrons. The lowest BCUT2D eigenvalue weighted by Crippen LogP contribution is -2.27. The zero-order valence-corrected chi connectivity index (χ0v) is 7.18. The van der Waals surface area contributed by atoms with Crippen molar-refractivity contribution in [1.82, 2.24) is 0 Å². The van der Waals surface area contributed by atoms with E-state index in [1.54, 1.807) is 6.92 Å². The van der Waals surface area contributed by atoms with Gasteiger partial charge in [-0.25, -0.2) is 0 Å². The highest BCUT2D eigenvalue weighted by atomic mass is 16.1. The monoisotopic (exact) mass is 153 g/mol. The van der Waals surface area contributed by atoms with Crippen LogP contribution in [0.4, 0.5) is 0 Å². The summed E-state index contributed by atoms with van der Waals surface area (Å²) >= 11 is 0. The van der Waals surface area contributed by atoms with Crippen molar-refractivity contribution in [2.45, 2.75) is 33.1 Å². The summed E-state index contributed by atoms with van der Waals surface area (Å²) in [5.74, 6) is 1.10. The normalized spacial score (nSPS) is 32.0. The van der Waals surface area contributed by atoms with Crippen LogP contribution in [0.25, 0.3) is 0 Å². The fourth-order valence-corrected chi connectivity index (χ4v) is 1.72. The van der Waals surface area contributed by atoms with E-state index in [0.717, 1.165) is 12.8 Å². The van der Waals surface area contributed by atoms with Crippen LogP contribution >= 0.6 is 0 Å². The molecule has 1 N–H and O–H groups in total. The lowest BCUT2D eigenvalue weighted by Gasteiger charge is -2.26. The maximum Gasteiger partial charge on any atom is 0.133 e. The summed E-state index contributed by atoms with van der Waals surface area (Å²) < 4.78 is 0. The van der Waals surface area contributed by atoms with Crippen LogP contribution in [-0.2, 0) is 4.79 Å². The molecule has 2 atom stereocenters. The van der Waals surface area contributed by atoms with E-state index < -0.39 is 0 Å². The minimum atomic E-state index is 0.233. The Labute approximate surface area is 67.5 Å². The van der Waals surface area contributed by atoms with E-state index >= 15 is 0 Å². The van der Waals surface area contributed by atoms with Crippen molar-refractivity contribution >= 4 is 11.5 Å².